The summed E-state index contributed by atoms with van der Waals surface area (Å²) in [7, 11) is 0. The van der Waals surface area contributed by atoms with Crippen LogP contribution in [-0.2, 0) is 4.74 Å². The van der Waals surface area contributed by atoms with Crippen molar-refractivity contribution in [3.05, 3.63) is 36.9 Å². The van der Waals surface area contributed by atoms with Gasteiger partial charge in [0.1, 0.15) is 6.61 Å². The first-order valence-corrected chi connectivity index (χ1v) is 3.39. The molecule has 0 bridgehead atoms. The van der Waals surface area contributed by atoms with Crippen molar-refractivity contribution in [1.82, 2.24) is 9.97 Å². The Hall–Kier alpha value is -1.71. The van der Waals surface area contributed by atoms with Crippen LogP contribution in [0.1, 0.15) is 10.6 Å². The fourth-order valence-electron chi connectivity index (χ4n) is 0.604. The molecule has 0 amide bonds. The van der Waals surface area contributed by atoms with Crippen molar-refractivity contribution in [2.45, 2.75) is 0 Å². The summed E-state index contributed by atoms with van der Waals surface area (Å²) in [4.78, 5) is 18.4. The number of carbonyl (C=O) groups is 1. The van der Waals surface area contributed by atoms with E-state index in [1.54, 1.807) is 6.07 Å². The Morgan fingerprint density at radius 1 is 1.58 bits per heavy atom. The summed E-state index contributed by atoms with van der Waals surface area (Å²) in [5, 5.41) is 0. The van der Waals surface area contributed by atoms with Crippen molar-refractivity contribution < 1.29 is 9.53 Å². The molecule has 4 heteroatoms. The van der Waals surface area contributed by atoms with Gasteiger partial charge in [-0.15, -0.1) is 0 Å². The van der Waals surface area contributed by atoms with Crippen LogP contribution in [0.5, 0.6) is 0 Å². The van der Waals surface area contributed by atoms with Crippen molar-refractivity contribution >= 4 is 5.97 Å². The number of aromatic nitrogens is 2. The second-order valence-corrected chi connectivity index (χ2v) is 1.96. The molecule has 62 valence electrons. The third kappa shape index (κ3) is 2.16. The van der Waals surface area contributed by atoms with Gasteiger partial charge in [0.15, 0.2) is 0 Å². The molecule has 1 aromatic heterocycles. The summed E-state index contributed by atoms with van der Waals surface area (Å²) >= 11 is 0. The molecule has 0 saturated carbocycles. The zero-order chi connectivity index (χ0) is 8.81. The lowest BCUT2D eigenvalue weighted by atomic mass is 10.5. The molecule has 1 heterocycles. The molecular weight excluding hydrogens is 156 g/mol. The first-order chi connectivity index (χ1) is 5.84. The standard InChI is InChI=1S/C8H8N2O2/c1-2-6-12-8(11)7-9-4-3-5-10-7/h2-5H,1,6H2. The van der Waals surface area contributed by atoms with E-state index in [1.165, 1.54) is 18.5 Å². The molecule has 0 N–H and O–H groups in total. The number of ether oxygens (including phenoxy) is 1. The van der Waals surface area contributed by atoms with Crippen LogP contribution in [0.4, 0.5) is 0 Å². The Bertz CT molecular complexity index is 272. The topological polar surface area (TPSA) is 52.1 Å². The lowest BCUT2D eigenvalue weighted by Gasteiger charge is -1.97. The molecule has 1 rings (SSSR count). The summed E-state index contributed by atoms with van der Waals surface area (Å²) in [6, 6.07) is 1.63. The van der Waals surface area contributed by atoms with Crippen molar-refractivity contribution in [3.63, 3.8) is 0 Å². The average molecular weight is 164 g/mol. The van der Waals surface area contributed by atoms with E-state index < -0.39 is 5.97 Å². The third-order valence-electron chi connectivity index (χ3n) is 1.08. The summed E-state index contributed by atoms with van der Waals surface area (Å²) in [5.41, 5.74) is 0. The maximum absolute atomic E-state index is 11.0. The Labute approximate surface area is 69.9 Å². The van der Waals surface area contributed by atoms with E-state index in [1.807, 2.05) is 0 Å². The first kappa shape index (κ1) is 8.39. The summed E-state index contributed by atoms with van der Waals surface area (Å²) in [6.45, 7) is 3.59. The molecule has 4 nitrogen and oxygen atoms in total. The highest BCUT2D eigenvalue weighted by Gasteiger charge is 2.07. The van der Waals surface area contributed by atoms with Gasteiger partial charge in [0.2, 0.25) is 5.82 Å². The van der Waals surface area contributed by atoms with Crippen LogP contribution in [0, 0.1) is 0 Å². The smallest absolute Gasteiger partial charge is 0.376 e. The van der Waals surface area contributed by atoms with Crippen molar-refractivity contribution in [1.29, 1.82) is 0 Å². The predicted molar refractivity (Wildman–Crippen MR) is 42.5 cm³/mol. The number of rotatable bonds is 3. The molecule has 0 fully saturated rings. The van der Waals surface area contributed by atoms with Gasteiger partial charge in [0.05, 0.1) is 0 Å². The molecule has 0 aliphatic carbocycles. The molecular formula is C8H8N2O2. The highest BCUT2D eigenvalue weighted by molar-refractivity contribution is 5.84. The second-order valence-electron chi connectivity index (χ2n) is 1.96. The monoisotopic (exact) mass is 164 g/mol. The van der Waals surface area contributed by atoms with Gasteiger partial charge < -0.3 is 4.74 Å². The van der Waals surface area contributed by atoms with E-state index >= 15 is 0 Å². The van der Waals surface area contributed by atoms with Crippen LogP contribution < -0.4 is 0 Å². The van der Waals surface area contributed by atoms with Gasteiger partial charge in [-0.2, -0.15) is 0 Å². The number of nitrogens with zero attached hydrogens (tertiary/aromatic N) is 2. The van der Waals surface area contributed by atoms with Crippen LogP contribution in [0.15, 0.2) is 31.1 Å². The van der Waals surface area contributed by atoms with Gasteiger partial charge in [-0.1, -0.05) is 12.7 Å². The Morgan fingerprint density at radius 3 is 2.83 bits per heavy atom. The van der Waals surface area contributed by atoms with E-state index in [9.17, 15) is 4.79 Å². The Kier molecular flexibility index (Phi) is 2.95. The van der Waals surface area contributed by atoms with Gasteiger partial charge in [0, 0.05) is 12.4 Å². The van der Waals surface area contributed by atoms with Crippen molar-refractivity contribution in [3.8, 4) is 0 Å². The van der Waals surface area contributed by atoms with Gasteiger partial charge in [-0.3, -0.25) is 0 Å². The van der Waals surface area contributed by atoms with Crippen LogP contribution in [0.2, 0.25) is 0 Å². The zero-order valence-electron chi connectivity index (χ0n) is 6.43. The van der Waals surface area contributed by atoms with E-state index in [0.29, 0.717) is 0 Å². The van der Waals surface area contributed by atoms with E-state index in [2.05, 4.69) is 16.5 Å². The summed E-state index contributed by atoms with van der Waals surface area (Å²) in [5.74, 6) is -0.463. The van der Waals surface area contributed by atoms with Crippen LogP contribution >= 0.6 is 0 Å². The number of hydrogen-bond acceptors (Lipinski definition) is 4. The normalized spacial score (nSPS) is 9.00. The minimum atomic E-state index is -0.532. The lowest BCUT2D eigenvalue weighted by molar-refractivity contribution is 0.0535. The molecule has 0 aliphatic heterocycles. The lowest BCUT2D eigenvalue weighted by Crippen LogP contribution is -2.08. The molecule has 0 saturated heterocycles. The third-order valence-corrected chi connectivity index (χ3v) is 1.08. The minimum Gasteiger partial charge on any atom is -0.456 e. The fraction of sp³-hybridized carbons (Fsp3) is 0.125. The van der Waals surface area contributed by atoms with Gasteiger partial charge in [-0.25, -0.2) is 14.8 Å². The average Bonchev–Trinajstić information content (AvgIpc) is 2.15. The molecule has 0 aromatic carbocycles. The SMILES string of the molecule is C=CCOC(=O)c1ncccn1. The van der Waals surface area contributed by atoms with Gasteiger partial charge >= 0.3 is 5.97 Å². The molecule has 1 aromatic rings. The molecule has 0 radical (unpaired) electrons. The molecule has 12 heavy (non-hydrogen) atoms. The Morgan fingerprint density at radius 2 is 2.25 bits per heavy atom. The molecule has 0 unspecified atom stereocenters. The van der Waals surface area contributed by atoms with E-state index in [-0.39, 0.29) is 12.4 Å². The number of esters is 1. The number of hydrogen-bond donors (Lipinski definition) is 0. The highest BCUT2D eigenvalue weighted by Crippen LogP contribution is 1.91. The van der Waals surface area contributed by atoms with Gasteiger partial charge in [0.25, 0.3) is 0 Å². The Balaban J connectivity index is 2.59. The predicted octanol–water partition coefficient (Wildman–Crippen LogP) is 0.819. The number of carbonyl (C=O) groups excluding carboxylic acids is 1. The minimum absolute atomic E-state index is 0.0688. The summed E-state index contributed by atoms with van der Waals surface area (Å²) in [6.07, 6.45) is 4.45. The highest BCUT2D eigenvalue weighted by atomic mass is 16.5. The second kappa shape index (κ2) is 4.23. The zero-order valence-corrected chi connectivity index (χ0v) is 6.43. The largest absolute Gasteiger partial charge is 0.456 e. The molecule has 0 aliphatic rings. The maximum Gasteiger partial charge on any atom is 0.376 e. The van der Waals surface area contributed by atoms with Gasteiger partial charge in [-0.05, 0) is 6.07 Å². The molecule has 0 spiro atoms. The summed E-state index contributed by atoms with van der Waals surface area (Å²) < 4.78 is 4.70. The quantitative estimate of drug-likeness (QED) is 0.490. The van der Waals surface area contributed by atoms with E-state index in [4.69, 9.17) is 4.74 Å². The molecule has 0 atom stereocenters. The fourth-order valence-corrected chi connectivity index (χ4v) is 0.604. The van der Waals surface area contributed by atoms with Crippen molar-refractivity contribution in [2.24, 2.45) is 0 Å². The van der Waals surface area contributed by atoms with Crippen LogP contribution in [-0.4, -0.2) is 22.5 Å². The van der Waals surface area contributed by atoms with Crippen LogP contribution in [0.25, 0.3) is 0 Å². The van der Waals surface area contributed by atoms with E-state index in [0.717, 1.165) is 0 Å². The van der Waals surface area contributed by atoms with Crippen LogP contribution in [0.3, 0.4) is 0 Å². The first-order valence-electron chi connectivity index (χ1n) is 3.39. The van der Waals surface area contributed by atoms with Crippen molar-refractivity contribution in [2.75, 3.05) is 6.61 Å². The maximum atomic E-state index is 11.0.